The van der Waals surface area contributed by atoms with Crippen LogP contribution in [0.1, 0.15) is 24.8 Å². The summed E-state index contributed by atoms with van der Waals surface area (Å²) in [6, 6.07) is 17.4. The predicted molar refractivity (Wildman–Crippen MR) is 103 cm³/mol. The minimum absolute atomic E-state index is 0. The van der Waals surface area contributed by atoms with Gasteiger partial charge in [0.2, 0.25) is 0 Å². The highest BCUT2D eigenvalue weighted by Gasteiger charge is 2.19. The predicted octanol–water partition coefficient (Wildman–Crippen LogP) is 4.97. The Morgan fingerprint density at radius 1 is 0.960 bits per heavy atom. The molecule has 2 nitrogen and oxygen atoms in total. The molecule has 0 radical (unpaired) electrons. The Bertz CT molecular complexity index is 614. The maximum atomic E-state index is 13.5. The summed E-state index contributed by atoms with van der Waals surface area (Å²) in [6.07, 6.45) is 4.68. The summed E-state index contributed by atoms with van der Waals surface area (Å²) in [6.45, 7) is 3.94. The summed E-state index contributed by atoms with van der Waals surface area (Å²) in [5.41, 5.74) is 1.45. The van der Waals surface area contributed by atoms with Crippen LogP contribution in [0.15, 0.2) is 54.6 Å². The fourth-order valence-electron chi connectivity index (χ4n) is 3.39. The van der Waals surface area contributed by atoms with Gasteiger partial charge < -0.3 is 9.64 Å². The van der Waals surface area contributed by atoms with E-state index in [2.05, 4.69) is 35.2 Å². The van der Waals surface area contributed by atoms with Crippen molar-refractivity contribution in [3.63, 3.8) is 0 Å². The van der Waals surface area contributed by atoms with Crippen LogP contribution in [0, 0.1) is 11.7 Å². The fourth-order valence-corrected chi connectivity index (χ4v) is 3.39. The molecule has 0 saturated carbocycles. The number of halogens is 2. The summed E-state index contributed by atoms with van der Waals surface area (Å²) < 4.78 is 19.0. The Balaban J connectivity index is 0.00000225. The molecule has 25 heavy (non-hydrogen) atoms. The smallest absolute Gasteiger partial charge is 0.165 e. The van der Waals surface area contributed by atoms with E-state index >= 15 is 0 Å². The van der Waals surface area contributed by atoms with E-state index in [4.69, 9.17) is 4.74 Å². The van der Waals surface area contributed by atoms with E-state index in [9.17, 15) is 4.39 Å². The fraction of sp³-hybridized carbons (Fsp3) is 0.429. The SMILES string of the molecule is Cl.Fc1ccccc1OCCCN1CCC(Cc2ccccc2)CC1. The standard InChI is InChI=1S/C21H26FNO.ClH/c22-20-9-4-5-10-21(20)24-16-6-13-23-14-11-19(12-15-23)17-18-7-2-1-3-8-18;/h1-5,7-10,19H,6,11-17H2;1H. The molecule has 2 aromatic carbocycles. The molecule has 0 atom stereocenters. The number of ether oxygens (including phenoxy) is 1. The first-order valence-electron chi connectivity index (χ1n) is 8.95. The van der Waals surface area contributed by atoms with E-state index in [0.29, 0.717) is 12.4 Å². The molecule has 0 aliphatic carbocycles. The summed E-state index contributed by atoms with van der Waals surface area (Å²) >= 11 is 0. The van der Waals surface area contributed by atoms with E-state index in [0.717, 1.165) is 32.0 Å². The monoisotopic (exact) mass is 363 g/mol. The molecule has 3 rings (SSSR count). The molecule has 2 aromatic rings. The normalized spacial score (nSPS) is 15.6. The van der Waals surface area contributed by atoms with Crippen molar-refractivity contribution in [3.8, 4) is 5.75 Å². The van der Waals surface area contributed by atoms with E-state index < -0.39 is 0 Å². The summed E-state index contributed by atoms with van der Waals surface area (Å²) in [5.74, 6) is 0.886. The van der Waals surface area contributed by atoms with Crippen molar-refractivity contribution in [2.24, 2.45) is 5.92 Å². The van der Waals surface area contributed by atoms with Crippen LogP contribution >= 0.6 is 12.4 Å². The molecule has 4 heteroatoms. The quantitative estimate of drug-likeness (QED) is 0.644. The van der Waals surface area contributed by atoms with Gasteiger partial charge in [0.25, 0.3) is 0 Å². The van der Waals surface area contributed by atoms with Crippen LogP contribution in [0.5, 0.6) is 5.75 Å². The Labute approximate surface area is 156 Å². The number of rotatable bonds is 7. The minimum Gasteiger partial charge on any atom is -0.490 e. The molecule has 0 N–H and O–H groups in total. The second-order valence-electron chi connectivity index (χ2n) is 6.61. The maximum Gasteiger partial charge on any atom is 0.165 e. The van der Waals surface area contributed by atoms with E-state index in [1.165, 1.54) is 30.9 Å². The average Bonchev–Trinajstić information content (AvgIpc) is 2.62. The first-order valence-corrected chi connectivity index (χ1v) is 8.95. The first kappa shape index (κ1) is 19.7. The molecule has 1 fully saturated rings. The van der Waals surface area contributed by atoms with Crippen molar-refractivity contribution >= 4 is 12.4 Å². The third-order valence-electron chi connectivity index (χ3n) is 4.79. The highest BCUT2D eigenvalue weighted by atomic mass is 35.5. The lowest BCUT2D eigenvalue weighted by Crippen LogP contribution is -2.35. The molecule has 0 unspecified atom stereocenters. The average molecular weight is 364 g/mol. The Hall–Kier alpha value is -1.58. The van der Waals surface area contributed by atoms with Crippen LogP contribution in [-0.4, -0.2) is 31.1 Å². The van der Waals surface area contributed by atoms with Crippen molar-refractivity contribution < 1.29 is 9.13 Å². The van der Waals surface area contributed by atoms with Gasteiger partial charge in [0.1, 0.15) is 0 Å². The second-order valence-corrected chi connectivity index (χ2v) is 6.61. The zero-order valence-corrected chi connectivity index (χ0v) is 15.4. The Morgan fingerprint density at radius 3 is 2.36 bits per heavy atom. The number of hydrogen-bond donors (Lipinski definition) is 0. The lowest BCUT2D eigenvalue weighted by molar-refractivity contribution is 0.169. The van der Waals surface area contributed by atoms with Gasteiger partial charge in [-0.05, 0) is 62.4 Å². The number of benzene rings is 2. The van der Waals surface area contributed by atoms with Crippen LogP contribution in [0.3, 0.4) is 0 Å². The zero-order valence-electron chi connectivity index (χ0n) is 14.6. The molecule has 136 valence electrons. The van der Waals surface area contributed by atoms with Gasteiger partial charge in [-0.25, -0.2) is 4.39 Å². The molecule has 1 saturated heterocycles. The lowest BCUT2D eigenvalue weighted by Gasteiger charge is -2.32. The van der Waals surface area contributed by atoms with Crippen LogP contribution < -0.4 is 4.74 Å². The molecule has 0 amide bonds. The van der Waals surface area contributed by atoms with Gasteiger partial charge >= 0.3 is 0 Å². The van der Waals surface area contributed by atoms with E-state index in [1.807, 2.05) is 0 Å². The molecule has 1 aliphatic heterocycles. The van der Waals surface area contributed by atoms with Crippen LogP contribution in [0.2, 0.25) is 0 Å². The number of likely N-dealkylation sites (tertiary alicyclic amines) is 1. The summed E-state index contributed by atoms with van der Waals surface area (Å²) in [4.78, 5) is 2.51. The molecule has 0 bridgehead atoms. The van der Waals surface area contributed by atoms with Gasteiger partial charge in [-0.2, -0.15) is 0 Å². The highest BCUT2D eigenvalue weighted by Crippen LogP contribution is 2.22. The number of piperidine rings is 1. The van der Waals surface area contributed by atoms with Gasteiger partial charge in [0, 0.05) is 6.54 Å². The van der Waals surface area contributed by atoms with Gasteiger partial charge in [0.15, 0.2) is 11.6 Å². The largest absolute Gasteiger partial charge is 0.490 e. The zero-order chi connectivity index (χ0) is 16.6. The van der Waals surface area contributed by atoms with Crippen molar-refractivity contribution in [2.45, 2.75) is 25.7 Å². The molecule has 0 aromatic heterocycles. The van der Waals surface area contributed by atoms with Crippen LogP contribution in [0.25, 0.3) is 0 Å². The van der Waals surface area contributed by atoms with E-state index in [-0.39, 0.29) is 18.2 Å². The second kappa shape index (κ2) is 10.4. The molecular formula is C21H27ClFNO. The molecule has 1 heterocycles. The maximum absolute atomic E-state index is 13.5. The topological polar surface area (TPSA) is 12.5 Å². The van der Waals surface area contributed by atoms with Gasteiger partial charge in [-0.1, -0.05) is 42.5 Å². The Morgan fingerprint density at radius 2 is 1.64 bits per heavy atom. The highest BCUT2D eigenvalue weighted by molar-refractivity contribution is 5.85. The van der Waals surface area contributed by atoms with Crippen molar-refractivity contribution in [1.82, 2.24) is 4.90 Å². The molecular weight excluding hydrogens is 337 g/mol. The third kappa shape index (κ3) is 6.33. The van der Waals surface area contributed by atoms with Crippen molar-refractivity contribution in [2.75, 3.05) is 26.2 Å². The minimum atomic E-state index is -0.278. The number of para-hydroxylation sites is 1. The number of nitrogens with zero attached hydrogens (tertiary/aromatic N) is 1. The first-order chi connectivity index (χ1) is 11.8. The van der Waals surface area contributed by atoms with E-state index in [1.54, 1.807) is 18.2 Å². The lowest BCUT2D eigenvalue weighted by atomic mass is 9.90. The number of hydrogen-bond acceptors (Lipinski definition) is 2. The van der Waals surface area contributed by atoms with Crippen LogP contribution in [0.4, 0.5) is 4.39 Å². The van der Waals surface area contributed by atoms with Gasteiger partial charge in [0.05, 0.1) is 6.61 Å². The molecule has 0 spiro atoms. The summed E-state index contributed by atoms with van der Waals surface area (Å²) in [5, 5.41) is 0. The van der Waals surface area contributed by atoms with Crippen molar-refractivity contribution in [3.05, 3.63) is 66.0 Å². The van der Waals surface area contributed by atoms with Crippen LogP contribution in [-0.2, 0) is 6.42 Å². The summed E-state index contributed by atoms with van der Waals surface area (Å²) in [7, 11) is 0. The van der Waals surface area contributed by atoms with Gasteiger partial charge in [-0.3, -0.25) is 0 Å². The van der Waals surface area contributed by atoms with Crippen molar-refractivity contribution in [1.29, 1.82) is 0 Å². The molecule has 1 aliphatic rings. The third-order valence-corrected chi connectivity index (χ3v) is 4.79. The van der Waals surface area contributed by atoms with Gasteiger partial charge in [-0.15, -0.1) is 12.4 Å². The Kier molecular flexibility index (Phi) is 8.23.